The fourth-order valence-electron chi connectivity index (χ4n) is 2.28. The minimum atomic E-state index is 0.132. The SMILES string of the molecule is CC1C[C@@H]2[C@@H](CO)O[C@]12C. The van der Waals surface area contributed by atoms with E-state index in [1.165, 1.54) is 6.42 Å². The molecular formula is C8H14O2. The first-order valence-corrected chi connectivity index (χ1v) is 3.97. The van der Waals surface area contributed by atoms with E-state index < -0.39 is 0 Å². The minimum absolute atomic E-state index is 0.132. The van der Waals surface area contributed by atoms with Crippen LogP contribution >= 0.6 is 0 Å². The van der Waals surface area contributed by atoms with Crippen LogP contribution in [0.2, 0.25) is 0 Å². The lowest BCUT2D eigenvalue weighted by atomic mass is 9.56. The van der Waals surface area contributed by atoms with Crippen LogP contribution in [0.4, 0.5) is 0 Å². The van der Waals surface area contributed by atoms with Gasteiger partial charge in [0.1, 0.15) is 0 Å². The number of aliphatic hydroxyl groups is 1. The molecule has 0 spiro atoms. The first-order chi connectivity index (χ1) is 4.68. The van der Waals surface area contributed by atoms with Gasteiger partial charge in [-0.25, -0.2) is 0 Å². The predicted molar refractivity (Wildman–Crippen MR) is 37.6 cm³/mol. The maximum atomic E-state index is 8.78. The number of ether oxygens (including phenoxy) is 1. The number of hydrogen-bond acceptors (Lipinski definition) is 2. The molecule has 1 saturated carbocycles. The Morgan fingerprint density at radius 3 is 2.70 bits per heavy atom. The molecule has 0 aromatic heterocycles. The summed E-state index contributed by atoms with van der Waals surface area (Å²) >= 11 is 0. The fourth-order valence-corrected chi connectivity index (χ4v) is 2.28. The Hall–Kier alpha value is -0.0800. The third kappa shape index (κ3) is 0.523. The van der Waals surface area contributed by atoms with Crippen LogP contribution < -0.4 is 0 Å². The molecule has 0 bridgehead atoms. The van der Waals surface area contributed by atoms with Crippen molar-refractivity contribution in [3.05, 3.63) is 0 Å². The molecule has 1 aliphatic heterocycles. The van der Waals surface area contributed by atoms with E-state index in [4.69, 9.17) is 9.84 Å². The van der Waals surface area contributed by atoms with Crippen LogP contribution in [0.15, 0.2) is 0 Å². The molecule has 58 valence electrons. The van der Waals surface area contributed by atoms with Crippen LogP contribution in [0.5, 0.6) is 0 Å². The highest BCUT2D eigenvalue weighted by atomic mass is 16.6. The third-order valence-corrected chi connectivity index (χ3v) is 3.36. The van der Waals surface area contributed by atoms with Gasteiger partial charge >= 0.3 is 0 Å². The minimum Gasteiger partial charge on any atom is -0.394 e. The smallest absolute Gasteiger partial charge is 0.0869 e. The summed E-state index contributed by atoms with van der Waals surface area (Å²) in [5.41, 5.74) is 0.132. The average Bonchev–Trinajstić information content (AvgIpc) is 1.95. The average molecular weight is 142 g/mol. The molecule has 2 fully saturated rings. The molecule has 2 nitrogen and oxygen atoms in total. The van der Waals surface area contributed by atoms with Gasteiger partial charge in [-0.2, -0.15) is 0 Å². The lowest BCUT2D eigenvalue weighted by molar-refractivity contribution is -0.339. The van der Waals surface area contributed by atoms with Gasteiger partial charge in [0.2, 0.25) is 0 Å². The van der Waals surface area contributed by atoms with E-state index in [1.807, 2.05) is 0 Å². The number of hydrogen-bond donors (Lipinski definition) is 1. The maximum Gasteiger partial charge on any atom is 0.0869 e. The van der Waals surface area contributed by atoms with Crippen molar-refractivity contribution in [2.75, 3.05) is 6.61 Å². The fraction of sp³-hybridized carbons (Fsp3) is 1.00. The van der Waals surface area contributed by atoms with Crippen molar-refractivity contribution in [3.63, 3.8) is 0 Å². The maximum absolute atomic E-state index is 8.78. The van der Waals surface area contributed by atoms with Gasteiger partial charge in [-0.15, -0.1) is 0 Å². The van der Waals surface area contributed by atoms with E-state index >= 15 is 0 Å². The molecule has 1 heterocycles. The Balaban J connectivity index is 2.00. The summed E-state index contributed by atoms with van der Waals surface area (Å²) in [5.74, 6) is 1.34. The summed E-state index contributed by atoms with van der Waals surface area (Å²) in [7, 11) is 0. The molecule has 2 aliphatic rings. The lowest BCUT2D eigenvalue weighted by Crippen LogP contribution is -2.70. The van der Waals surface area contributed by atoms with E-state index in [1.54, 1.807) is 0 Å². The largest absolute Gasteiger partial charge is 0.394 e. The first-order valence-electron chi connectivity index (χ1n) is 3.97. The molecule has 0 amide bonds. The van der Waals surface area contributed by atoms with E-state index in [2.05, 4.69) is 13.8 Å². The second-order valence-electron chi connectivity index (χ2n) is 3.77. The van der Waals surface area contributed by atoms with Crippen LogP contribution in [0, 0.1) is 11.8 Å². The zero-order valence-electron chi connectivity index (χ0n) is 6.50. The monoisotopic (exact) mass is 142 g/mol. The zero-order chi connectivity index (χ0) is 7.35. The quantitative estimate of drug-likeness (QED) is 0.586. The number of fused-ring (bicyclic) bond motifs is 1. The van der Waals surface area contributed by atoms with Crippen molar-refractivity contribution >= 4 is 0 Å². The van der Waals surface area contributed by atoms with Gasteiger partial charge in [-0.05, 0) is 19.3 Å². The molecule has 1 saturated heterocycles. The van der Waals surface area contributed by atoms with Gasteiger partial charge in [-0.1, -0.05) is 6.92 Å². The molecule has 4 atom stereocenters. The molecule has 0 radical (unpaired) electrons. The molecule has 10 heavy (non-hydrogen) atoms. The van der Waals surface area contributed by atoms with Crippen molar-refractivity contribution < 1.29 is 9.84 Å². The second kappa shape index (κ2) is 1.74. The molecule has 1 aliphatic carbocycles. The molecular weight excluding hydrogens is 128 g/mol. The van der Waals surface area contributed by atoms with Crippen LogP contribution in [0.25, 0.3) is 0 Å². The van der Waals surface area contributed by atoms with Crippen molar-refractivity contribution in [2.24, 2.45) is 11.8 Å². The highest BCUT2D eigenvalue weighted by Gasteiger charge is 2.62. The summed E-state index contributed by atoms with van der Waals surface area (Å²) in [6, 6.07) is 0. The van der Waals surface area contributed by atoms with Gasteiger partial charge in [0.05, 0.1) is 18.3 Å². The zero-order valence-corrected chi connectivity index (χ0v) is 6.50. The number of aliphatic hydroxyl groups excluding tert-OH is 1. The van der Waals surface area contributed by atoms with Crippen LogP contribution in [0.1, 0.15) is 20.3 Å². The van der Waals surface area contributed by atoms with E-state index in [9.17, 15) is 0 Å². The Bertz CT molecular complexity index is 157. The summed E-state index contributed by atoms with van der Waals surface area (Å²) in [6.45, 7) is 4.56. The summed E-state index contributed by atoms with van der Waals surface area (Å²) < 4.78 is 5.54. The predicted octanol–water partition coefficient (Wildman–Crippen LogP) is 0.792. The topological polar surface area (TPSA) is 29.5 Å². The van der Waals surface area contributed by atoms with E-state index in [0.717, 1.165) is 0 Å². The Morgan fingerprint density at radius 1 is 1.70 bits per heavy atom. The van der Waals surface area contributed by atoms with Crippen molar-refractivity contribution in [1.29, 1.82) is 0 Å². The van der Waals surface area contributed by atoms with Crippen molar-refractivity contribution in [3.8, 4) is 0 Å². The van der Waals surface area contributed by atoms with Gasteiger partial charge in [0, 0.05) is 5.92 Å². The highest BCUT2D eigenvalue weighted by molar-refractivity contribution is 5.10. The molecule has 0 aromatic carbocycles. The van der Waals surface area contributed by atoms with Crippen LogP contribution in [-0.4, -0.2) is 23.4 Å². The second-order valence-corrected chi connectivity index (χ2v) is 3.77. The van der Waals surface area contributed by atoms with Crippen molar-refractivity contribution in [1.82, 2.24) is 0 Å². The summed E-state index contributed by atoms with van der Waals surface area (Å²) in [6.07, 6.45) is 1.39. The van der Waals surface area contributed by atoms with Gasteiger partial charge in [-0.3, -0.25) is 0 Å². The Labute approximate surface area is 61.2 Å². The molecule has 2 heteroatoms. The summed E-state index contributed by atoms with van der Waals surface area (Å²) in [4.78, 5) is 0. The van der Waals surface area contributed by atoms with E-state index in [-0.39, 0.29) is 18.3 Å². The van der Waals surface area contributed by atoms with Crippen LogP contribution in [0.3, 0.4) is 0 Å². The normalized spacial score (nSPS) is 58.5. The Kier molecular flexibility index (Phi) is 1.15. The molecule has 0 aromatic rings. The molecule has 2 rings (SSSR count). The third-order valence-electron chi connectivity index (χ3n) is 3.36. The molecule has 1 unspecified atom stereocenters. The van der Waals surface area contributed by atoms with Gasteiger partial charge in [0.25, 0.3) is 0 Å². The number of rotatable bonds is 1. The van der Waals surface area contributed by atoms with Crippen molar-refractivity contribution in [2.45, 2.75) is 32.0 Å². The lowest BCUT2D eigenvalue weighted by Gasteiger charge is -2.64. The highest BCUT2D eigenvalue weighted by Crippen LogP contribution is 2.57. The standard InChI is InChI=1S/C8H14O2/c1-5-3-6-7(4-9)10-8(5,6)2/h5-7,9H,3-4H2,1-2H3/t5?,6-,7-,8-/m1/s1. The first kappa shape index (κ1) is 6.62. The van der Waals surface area contributed by atoms with E-state index in [0.29, 0.717) is 11.8 Å². The van der Waals surface area contributed by atoms with Gasteiger partial charge < -0.3 is 9.84 Å². The molecule has 1 N–H and O–H groups in total. The van der Waals surface area contributed by atoms with Crippen LogP contribution in [-0.2, 0) is 4.74 Å². The Morgan fingerprint density at radius 2 is 2.40 bits per heavy atom. The summed E-state index contributed by atoms with van der Waals surface area (Å²) in [5, 5.41) is 8.78. The van der Waals surface area contributed by atoms with Gasteiger partial charge in [0.15, 0.2) is 0 Å².